The molecule has 0 atom stereocenters. The van der Waals surface area contributed by atoms with Gasteiger partial charge in [-0.2, -0.15) is 0 Å². The molecule has 0 bridgehead atoms. The number of aromatic nitrogens is 2. The minimum absolute atomic E-state index is 0.0640. The third kappa shape index (κ3) is 5.20. The van der Waals surface area contributed by atoms with E-state index in [9.17, 15) is 9.59 Å². The molecule has 0 aliphatic carbocycles. The lowest BCUT2D eigenvalue weighted by atomic mass is 10.1. The number of rotatable bonds is 5. The normalized spacial score (nSPS) is 14.3. The molecule has 1 N–H and O–H groups in total. The van der Waals surface area contributed by atoms with E-state index in [2.05, 4.69) is 41.5 Å². The van der Waals surface area contributed by atoms with Crippen molar-refractivity contribution in [3.63, 3.8) is 0 Å². The molecule has 2 aromatic rings. The van der Waals surface area contributed by atoms with Crippen LogP contribution in [0.4, 0.5) is 10.8 Å². The Hall–Kier alpha value is -2.13. The van der Waals surface area contributed by atoms with Gasteiger partial charge >= 0.3 is 0 Å². The van der Waals surface area contributed by atoms with Crippen LogP contribution in [-0.4, -0.2) is 63.7 Å². The monoisotopic (exact) mass is 405 g/mol. The Balaban J connectivity index is 1.48. The van der Waals surface area contributed by atoms with Crippen LogP contribution >= 0.6 is 23.1 Å². The predicted molar refractivity (Wildman–Crippen MR) is 109 cm³/mol. The smallest absolute Gasteiger partial charge is 0.233 e. The van der Waals surface area contributed by atoms with E-state index in [4.69, 9.17) is 0 Å². The Kier molecular flexibility index (Phi) is 6.33. The van der Waals surface area contributed by atoms with Crippen molar-refractivity contribution in [1.29, 1.82) is 0 Å². The Morgan fingerprint density at radius 1 is 1.11 bits per heavy atom. The molecule has 144 valence electrons. The zero-order chi connectivity index (χ0) is 19.4. The molecule has 1 aliphatic rings. The van der Waals surface area contributed by atoms with Gasteiger partial charge in [0.25, 0.3) is 0 Å². The van der Waals surface area contributed by atoms with Crippen LogP contribution in [0.1, 0.15) is 18.1 Å². The highest BCUT2D eigenvalue weighted by Crippen LogP contribution is 2.28. The SMILES string of the molecule is CC(=O)N1CCN(C(=O)CSc2nnc(Nc3ccc(C)c(C)c3)s2)CC1. The second-order valence-corrected chi connectivity index (χ2v) is 8.67. The van der Waals surface area contributed by atoms with Crippen LogP contribution in [-0.2, 0) is 9.59 Å². The fourth-order valence-electron chi connectivity index (χ4n) is 2.75. The summed E-state index contributed by atoms with van der Waals surface area (Å²) in [5, 5.41) is 12.3. The van der Waals surface area contributed by atoms with Gasteiger partial charge in [0.15, 0.2) is 4.34 Å². The Morgan fingerprint density at radius 2 is 1.81 bits per heavy atom. The molecule has 1 aromatic carbocycles. The molecule has 0 unspecified atom stereocenters. The number of nitrogens with zero attached hydrogens (tertiary/aromatic N) is 4. The van der Waals surface area contributed by atoms with Crippen molar-refractivity contribution in [3.8, 4) is 0 Å². The highest BCUT2D eigenvalue weighted by Gasteiger charge is 2.22. The molecule has 0 saturated carbocycles. The van der Waals surface area contributed by atoms with Gasteiger partial charge in [-0.3, -0.25) is 9.59 Å². The molecule has 9 heteroatoms. The number of hydrogen-bond donors (Lipinski definition) is 1. The van der Waals surface area contributed by atoms with Gasteiger partial charge in [-0.1, -0.05) is 29.2 Å². The molecule has 1 fully saturated rings. The van der Waals surface area contributed by atoms with Gasteiger partial charge in [-0.25, -0.2) is 0 Å². The van der Waals surface area contributed by atoms with Crippen molar-refractivity contribution in [3.05, 3.63) is 29.3 Å². The van der Waals surface area contributed by atoms with Crippen LogP contribution in [0, 0.1) is 13.8 Å². The van der Waals surface area contributed by atoms with E-state index >= 15 is 0 Å². The number of amides is 2. The number of nitrogens with one attached hydrogen (secondary N) is 1. The van der Waals surface area contributed by atoms with Crippen LogP contribution in [0.3, 0.4) is 0 Å². The predicted octanol–water partition coefficient (Wildman–Crippen LogP) is 2.68. The van der Waals surface area contributed by atoms with Crippen LogP contribution in [0.5, 0.6) is 0 Å². The lowest BCUT2D eigenvalue weighted by molar-refractivity contribution is -0.136. The standard InChI is InChI=1S/C18H23N5O2S2/c1-12-4-5-15(10-13(12)2)19-17-20-21-18(27-17)26-11-16(25)23-8-6-22(7-9-23)14(3)24/h4-5,10H,6-9,11H2,1-3H3,(H,19,20). The summed E-state index contributed by atoms with van der Waals surface area (Å²) in [6, 6.07) is 6.16. The number of carbonyl (C=O) groups is 2. The third-order valence-corrected chi connectivity index (χ3v) is 6.52. The number of benzene rings is 1. The maximum atomic E-state index is 12.4. The molecule has 0 radical (unpaired) electrons. The maximum absolute atomic E-state index is 12.4. The summed E-state index contributed by atoms with van der Waals surface area (Å²) in [6.07, 6.45) is 0. The van der Waals surface area contributed by atoms with Crippen LogP contribution in [0.25, 0.3) is 0 Å². The quantitative estimate of drug-likeness (QED) is 0.771. The molecule has 1 saturated heterocycles. The lowest BCUT2D eigenvalue weighted by Crippen LogP contribution is -2.50. The second kappa shape index (κ2) is 8.71. The fraction of sp³-hybridized carbons (Fsp3) is 0.444. The fourth-order valence-corrected chi connectivity index (χ4v) is 4.42. The minimum Gasteiger partial charge on any atom is -0.339 e. The molecule has 3 rings (SSSR count). The van der Waals surface area contributed by atoms with Gasteiger partial charge in [0.1, 0.15) is 0 Å². The van der Waals surface area contributed by atoms with E-state index in [1.807, 2.05) is 11.0 Å². The summed E-state index contributed by atoms with van der Waals surface area (Å²) in [6.45, 7) is 8.11. The van der Waals surface area contributed by atoms with Crippen molar-refractivity contribution in [1.82, 2.24) is 20.0 Å². The Bertz CT molecular complexity index is 831. The van der Waals surface area contributed by atoms with E-state index in [0.29, 0.717) is 37.1 Å². The number of hydrogen-bond acceptors (Lipinski definition) is 7. The molecule has 27 heavy (non-hydrogen) atoms. The highest BCUT2D eigenvalue weighted by atomic mass is 32.2. The van der Waals surface area contributed by atoms with Crippen molar-refractivity contribution < 1.29 is 9.59 Å². The number of piperazine rings is 1. The zero-order valence-electron chi connectivity index (χ0n) is 15.7. The molecule has 2 amide bonds. The van der Waals surface area contributed by atoms with E-state index in [1.54, 1.807) is 11.8 Å². The average Bonchev–Trinajstić information content (AvgIpc) is 3.10. The highest BCUT2D eigenvalue weighted by molar-refractivity contribution is 8.01. The Morgan fingerprint density at radius 3 is 2.48 bits per heavy atom. The number of carbonyl (C=O) groups excluding carboxylic acids is 2. The van der Waals surface area contributed by atoms with E-state index < -0.39 is 0 Å². The molecule has 1 aliphatic heterocycles. The van der Waals surface area contributed by atoms with Crippen molar-refractivity contribution >= 4 is 45.7 Å². The van der Waals surface area contributed by atoms with Gasteiger partial charge in [0, 0.05) is 38.8 Å². The molecule has 2 heterocycles. The van der Waals surface area contributed by atoms with Crippen LogP contribution in [0.15, 0.2) is 22.5 Å². The third-order valence-electron chi connectivity index (χ3n) is 4.56. The molecule has 1 aromatic heterocycles. The topological polar surface area (TPSA) is 78.4 Å². The van der Waals surface area contributed by atoms with Gasteiger partial charge in [-0.15, -0.1) is 10.2 Å². The second-order valence-electron chi connectivity index (χ2n) is 6.47. The van der Waals surface area contributed by atoms with Gasteiger partial charge in [0.05, 0.1) is 5.75 Å². The van der Waals surface area contributed by atoms with Crippen molar-refractivity contribution in [2.24, 2.45) is 0 Å². The summed E-state index contributed by atoms with van der Waals surface area (Å²) >= 11 is 2.84. The molecular formula is C18H23N5O2S2. The van der Waals surface area contributed by atoms with E-state index in [-0.39, 0.29) is 11.8 Å². The summed E-state index contributed by atoms with van der Waals surface area (Å²) in [5.74, 6) is 0.467. The lowest BCUT2D eigenvalue weighted by Gasteiger charge is -2.34. The summed E-state index contributed by atoms with van der Waals surface area (Å²) in [5.41, 5.74) is 3.44. The molecule has 7 nitrogen and oxygen atoms in total. The first-order chi connectivity index (χ1) is 12.9. The zero-order valence-corrected chi connectivity index (χ0v) is 17.3. The van der Waals surface area contributed by atoms with E-state index in [0.717, 1.165) is 10.0 Å². The van der Waals surface area contributed by atoms with Gasteiger partial charge < -0.3 is 15.1 Å². The number of thioether (sulfide) groups is 1. The van der Waals surface area contributed by atoms with E-state index in [1.165, 1.54) is 34.2 Å². The van der Waals surface area contributed by atoms with Crippen molar-refractivity contribution in [2.45, 2.75) is 25.1 Å². The number of anilines is 2. The van der Waals surface area contributed by atoms with Gasteiger partial charge in [0.2, 0.25) is 16.9 Å². The summed E-state index contributed by atoms with van der Waals surface area (Å²) < 4.78 is 0.761. The first kappa shape index (κ1) is 19.6. The average molecular weight is 406 g/mol. The first-order valence-corrected chi connectivity index (χ1v) is 10.6. The Labute approximate surface area is 167 Å². The van der Waals surface area contributed by atoms with Crippen LogP contribution < -0.4 is 5.32 Å². The maximum Gasteiger partial charge on any atom is 0.233 e. The minimum atomic E-state index is 0.0640. The summed E-state index contributed by atoms with van der Waals surface area (Å²) in [7, 11) is 0. The van der Waals surface area contributed by atoms with Crippen molar-refractivity contribution in [2.75, 3.05) is 37.2 Å². The summed E-state index contributed by atoms with van der Waals surface area (Å²) in [4.78, 5) is 27.3. The molecular weight excluding hydrogens is 382 g/mol. The first-order valence-electron chi connectivity index (χ1n) is 8.76. The van der Waals surface area contributed by atoms with Gasteiger partial charge in [-0.05, 0) is 37.1 Å². The number of aryl methyl sites for hydroxylation is 2. The largest absolute Gasteiger partial charge is 0.339 e. The van der Waals surface area contributed by atoms with Crippen LogP contribution in [0.2, 0.25) is 0 Å². The molecule has 0 spiro atoms.